The van der Waals surface area contributed by atoms with Crippen molar-refractivity contribution < 1.29 is 19.4 Å². The number of benzene rings is 2. The van der Waals surface area contributed by atoms with Crippen LogP contribution in [0.2, 0.25) is 0 Å². The lowest BCUT2D eigenvalue weighted by molar-refractivity contribution is -0.129. The fraction of sp³-hybridized carbons (Fsp3) is 0.407. The van der Waals surface area contributed by atoms with Crippen LogP contribution in [0.15, 0.2) is 53.3 Å². The van der Waals surface area contributed by atoms with Gasteiger partial charge in [-0.1, -0.05) is 36.4 Å². The summed E-state index contributed by atoms with van der Waals surface area (Å²) in [4.78, 5) is 28.3. The van der Waals surface area contributed by atoms with Crippen LogP contribution in [0, 0.1) is 5.92 Å². The van der Waals surface area contributed by atoms with Crippen LogP contribution in [-0.2, 0) is 17.6 Å². The van der Waals surface area contributed by atoms with Crippen molar-refractivity contribution in [3.8, 4) is 11.5 Å². The average molecular weight is 495 g/mol. The Labute approximate surface area is 210 Å². The summed E-state index contributed by atoms with van der Waals surface area (Å²) >= 11 is 0. The molecule has 0 bridgehead atoms. The third-order valence-corrected chi connectivity index (χ3v) is 6.10. The highest BCUT2D eigenvalue weighted by atomic mass is 16.5. The molecule has 3 N–H and O–H groups in total. The Morgan fingerprint density at radius 1 is 1.03 bits per heavy atom. The predicted molar refractivity (Wildman–Crippen MR) is 136 cm³/mol. The summed E-state index contributed by atoms with van der Waals surface area (Å²) < 4.78 is 10.6. The second-order valence-electron chi connectivity index (χ2n) is 8.81. The van der Waals surface area contributed by atoms with Gasteiger partial charge in [-0.25, -0.2) is 0 Å². The topological polar surface area (TPSA) is 126 Å². The Balaban J connectivity index is 1.62. The lowest BCUT2D eigenvalue weighted by Crippen LogP contribution is -2.40. The molecule has 0 radical (unpaired) electrons. The molecule has 2 aromatic carbocycles. The largest absolute Gasteiger partial charge is 0.493 e. The number of carbonyl (C=O) groups excluding carboxylic acids is 1. The summed E-state index contributed by atoms with van der Waals surface area (Å²) in [5.74, 6) is 0.664. The van der Waals surface area contributed by atoms with Crippen molar-refractivity contribution in [3.05, 3.63) is 81.5 Å². The van der Waals surface area contributed by atoms with E-state index in [4.69, 9.17) is 9.47 Å². The van der Waals surface area contributed by atoms with Gasteiger partial charge in [0.05, 0.1) is 32.3 Å². The molecular formula is C27H34N4O5. The van der Waals surface area contributed by atoms with E-state index < -0.39 is 23.6 Å². The summed E-state index contributed by atoms with van der Waals surface area (Å²) in [6.07, 6.45) is 1.62. The zero-order chi connectivity index (χ0) is 26.1. The maximum atomic E-state index is 12.9. The third kappa shape index (κ3) is 7.14. The first-order chi connectivity index (χ1) is 17.3. The van der Waals surface area contributed by atoms with E-state index in [-0.39, 0.29) is 11.6 Å². The second kappa shape index (κ2) is 12.8. The molecule has 1 heterocycles. The number of nitrogens with zero attached hydrogens (tertiary/aromatic N) is 2. The molecule has 0 aliphatic heterocycles. The maximum Gasteiger partial charge on any atom is 0.275 e. The van der Waals surface area contributed by atoms with E-state index in [1.807, 2.05) is 42.5 Å². The number of aryl methyl sites for hydroxylation is 1. The number of amides is 1. The van der Waals surface area contributed by atoms with Crippen LogP contribution in [0.3, 0.4) is 0 Å². The van der Waals surface area contributed by atoms with E-state index in [1.165, 1.54) is 5.56 Å². The maximum absolute atomic E-state index is 12.9. The number of ether oxygens (including phenoxy) is 2. The first-order valence-electron chi connectivity index (χ1n) is 12.0. The quantitative estimate of drug-likeness (QED) is 0.353. The molecule has 0 unspecified atom stereocenters. The van der Waals surface area contributed by atoms with E-state index in [0.29, 0.717) is 30.2 Å². The van der Waals surface area contributed by atoms with Crippen molar-refractivity contribution in [1.29, 1.82) is 0 Å². The lowest BCUT2D eigenvalue weighted by atomic mass is 9.94. The molecule has 36 heavy (non-hydrogen) atoms. The molecule has 9 nitrogen and oxygen atoms in total. The Morgan fingerprint density at radius 3 is 2.39 bits per heavy atom. The SMILES string of the molecule is COc1ccc(Cc2nnc([C@H](C)NC(=O)[C@H](CCCc3ccccc3)[C@@H](C)O)c(=O)[nH]2)cc1OC. The van der Waals surface area contributed by atoms with Crippen molar-refractivity contribution in [1.82, 2.24) is 20.5 Å². The number of aliphatic hydroxyl groups excluding tert-OH is 1. The van der Waals surface area contributed by atoms with Crippen LogP contribution in [0.4, 0.5) is 0 Å². The summed E-state index contributed by atoms with van der Waals surface area (Å²) in [6, 6.07) is 14.8. The van der Waals surface area contributed by atoms with Gasteiger partial charge in [-0.3, -0.25) is 9.59 Å². The normalized spacial score (nSPS) is 13.5. The molecule has 3 aromatic rings. The van der Waals surface area contributed by atoms with Gasteiger partial charge in [0.2, 0.25) is 5.91 Å². The van der Waals surface area contributed by atoms with Gasteiger partial charge in [-0.15, -0.1) is 10.2 Å². The van der Waals surface area contributed by atoms with Gasteiger partial charge in [-0.05, 0) is 56.4 Å². The van der Waals surface area contributed by atoms with Crippen molar-refractivity contribution in [2.24, 2.45) is 5.92 Å². The molecule has 192 valence electrons. The zero-order valence-electron chi connectivity index (χ0n) is 21.2. The smallest absolute Gasteiger partial charge is 0.275 e. The van der Waals surface area contributed by atoms with Crippen LogP contribution in [0.25, 0.3) is 0 Å². The van der Waals surface area contributed by atoms with Crippen molar-refractivity contribution in [2.45, 2.75) is 51.7 Å². The molecule has 3 rings (SSSR count). The van der Waals surface area contributed by atoms with Crippen LogP contribution in [-0.4, -0.2) is 46.5 Å². The summed E-state index contributed by atoms with van der Waals surface area (Å²) in [7, 11) is 3.12. The minimum atomic E-state index is -0.818. The molecule has 0 saturated heterocycles. The predicted octanol–water partition coefficient (Wildman–Crippen LogP) is 2.97. The van der Waals surface area contributed by atoms with Gasteiger partial charge in [0.25, 0.3) is 5.56 Å². The van der Waals surface area contributed by atoms with Gasteiger partial charge in [-0.2, -0.15) is 0 Å². The van der Waals surface area contributed by atoms with Gasteiger partial charge in [0.15, 0.2) is 11.5 Å². The minimum Gasteiger partial charge on any atom is -0.493 e. The molecular weight excluding hydrogens is 460 g/mol. The van der Waals surface area contributed by atoms with Gasteiger partial charge in [0, 0.05) is 6.42 Å². The number of carbonyl (C=O) groups is 1. The number of hydrogen-bond donors (Lipinski definition) is 3. The van der Waals surface area contributed by atoms with E-state index in [1.54, 1.807) is 34.1 Å². The Bertz CT molecular complexity index is 1200. The Morgan fingerprint density at radius 2 is 1.75 bits per heavy atom. The molecule has 0 saturated carbocycles. The van der Waals surface area contributed by atoms with Crippen molar-refractivity contribution in [3.63, 3.8) is 0 Å². The molecule has 0 aliphatic carbocycles. The highest BCUT2D eigenvalue weighted by Gasteiger charge is 2.26. The molecule has 1 aromatic heterocycles. The molecule has 0 aliphatic rings. The molecule has 9 heteroatoms. The van der Waals surface area contributed by atoms with Crippen LogP contribution in [0.5, 0.6) is 11.5 Å². The van der Waals surface area contributed by atoms with Gasteiger partial charge < -0.3 is 24.9 Å². The third-order valence-electron chi connectivity index (χ3n) is 6.10. The number of methoxy groups -OCH3 is 2. The summed E-state index contributed by atoms with van der Waals surface area (Å²) in [5.41, 5.74) is 1.73. The zero-order valence-corrected chi connectivity index (χ0v) is 21.2. The second-order valence-corrected chi connectivity index (χ2v) is 8.81. The minimum absolute atomic E-state index is 0.105. The van der Waals surface area contributed by atoms with Crippen molar-refractivity contribution in [2.75, 3.05) is 14.2 Å². The standard InChI is InChI=1S/C27H34N4O5/c1-17(28-26(33)21(18(2)32)12-8-11-19-9-6-5-7-10-19)25-27(34)29-24(30-31-25)16-20-13-14-22(35-3)23(15-20)36-4/h5-7,9-10,13-15,17-18,21,32H,8,11-12,16H2,1-4H3,(H,28,33)(H,29,30,34)/t17-,18+,21+/m0/s1. The van der Waals surface area contributed by atoms with E-state index in [2.05, 4.69) is 20.5 Å². The van der Waals surface area contributed by atoms with Crippen LogP contribution < -0.4 is 20.3 Å². The molecule has 0 spiro atoms. The molecule has 0 fully saturated rings. The van der Waals surface area contributed by atoms with E-state index in [0.717, 1.165) is 18.4 Å². The molecule has 3 atom stereocenters. The lowest BCUT2D eigenvalue weighted by Gasteiger charge is -2.22. The van der Waals surface area contributed by atoms with Crippen molar-refractivity contribution >= 4 is 5.91 Å². The number of hydrogen-bond acceptors (Lipinski definition) is 7. The highest BCUT2D eigenvalue weighted by Crippen LogP contribution is 2.28. The molecule has 1 amide bonds. The monoisotopic (exact) mass is 494 g/mol. The number of H-pyrrole nitrogens is 1. The van der Waals surface area contributed by atoms with Crippen LogP contribution in [0.1, 0.15) is 55.4 Å². The number of aromatic amines is 1. The van der Waals surface area contributed by atoms with Crippen LogP contribution >= 0.6 is 0 Å². The fourth-order valence-electron chi connectivity index (χ4n) is 4.08. The Kier molecular flexibility index (Phi) is 9.58. The highest BCUT2D eigenvalue weighted by molar-refractivity contribution is 5.79. The number of rotatable bonds is 12. The fourth-order valence-corrected chi connectivity index (χ4v) is 4.08. The van der Waals surface area contributed by atoms with E-state index in [9.17, 15) is 14.7 Å². The first kappa shape index (κ1) is 26.9. The number of aliphatic hydroxyl groups is 1. The van der Waals surface area contributed by atoms with Gasteiger partial charge in [0.1, 0.15) is 11.5 Å². The van der Waals surface area contributed by atoms with Gasteiger partial charge >= 0.3 is 0 Å². The summed E-state index contributed by atoms with van der Waals surface area (Å²) in [5, 5.41) is 21.2. The number of aromatic nitrogens is 3. The number of nitrogens with one attached hydrogen (secondary N) is 2. The Hall–Kier alpha value is -3.72. The average Bonchev–Trinajstić information content (AvgIpc) is 2.86. The first-order valence-corrected chi connectivity index (χ1v) is 12.0. The van der Waals surface area contributed by atoms with E-state index >= 15 is 0 Å². The summed E-state index contributed by atoms with van der Waals surface area (Å²) in [6.45, 7) is 3.28.